The topological polar surface area (TPSA) is 33.5 Å². The summed E-state index contributed by atoms with van der Waals surface area (Å²) in [5.41, 5.74) is 0.548. The van der Waals surface area contributed by atoms with Crippen LogP contribution in [0.2, 0.25) is 0 Å². The summed E-state index contributed by atoms with van der Waals surface area (Å²) in [7, 11) is 0. The number of fused-ring (bicyclic) bond motifs is 1. The molecule has 1 saturated carbocycles. The highest BCUT2D eigenvalue weighted by Gasteiger charge is 2.34. The number of carbonyl (C=O) groups excluding carboxylic acids is 1. The summed E-state index contributed by atoms with van der Waals surface area (Å²) < 4.78 is 13.1. The van der Waals surface area contributed by atoms with Crippen LogP contribution < -0.4 is 10.2 Å². The monoisotopic (exact) mass is 291 g/mol. The fourth-order valence-electron chi connectivity index (χ4n) is 3.95. The molecule has 21 heavy (non-hydrogen) atoms. The third kappa shape index (κ3) is 3.82. The number of nitrogens with one attached hydrogen (secondary N) is 2. The Bertz CT molecular complexity index is 505. The number of amides is 1. The predicted octanol–water partition coefficient (Wildman–Crippen LogP) is 1.86. The van der Waals surface area contributed by atoms with Crippen LogP contribution in [0, 0.1) is 17.7 Å². The van der Waals surface area contributed by atoms with Gasteiger partial charge >= 0.3 is 0 Å². The molecule has 1 heterocycles. The smallest absolute Gasteiger partial charge is 0.279 e. The van der Waals surface area contributed by atoms with Gasteiger partial charge in [0.05, 0.1) is 13.1 Å². The van der Waals surface area contributed by atoms with Crippen LogP contribution in [0.4, 0.5) is 10.1 Å². The van der Waals surface area contributed by atoms with Crippen molar-refractivity contribution in [3.63, 3.8) is 0 Å². The maximum absolute atomic E-state index is 13.1. The van der Waals surface area contributed by atoms with Crippen molar-refractivity contribution in [2.24, 2.45) is 11.8 Å². The van der Waals surface area contributed by atoms with Gasteiger partial charge in [-0.25, -0.2) is 4.39 Å². The molecule has 0 radical (unpaired) electrons. The Balaban J connectivity index is 1.51. The van der Waals surface area contributed by atoms with Gasteiger partial charge in [0.2, 0.25) is 0 Å². The summed E-state index contributed by atoms with van der Waals surface area (Å²) >= 11 is 0. The Morgan fingerprint density at radius 1 is 1.24 bits per heavy atom. The van der Waals surface area contributed by atoms with E-state index in [1.54, 1.807) is 12.1 Å². The zero-order valence-electron chi connectivity index (χ0n) is 12.4. The van der Waals surface area contributed by atoms with E-state index in [0.717, 1.165) is 24.9 Å². The van der Waals surface area contributed by atoms with Gasteiger partial charge in [0, 0.05) is 11.6 Å². The molecule has 1 amide bonds. The first-order valence-corrected chi connectivity index (χ1v) is 8.10. The van der Waals surface area contributed by atoms with Gasteiger partial charge in [-0.15, -0.1) is 0 Å². The first kappa shape index (κ1) is 14.5. The van der Waals surface area contributed by atoms with E-state index in [1.807, 2.05) is 0 Å². The van der Waals surface area contributed by atoms with Crippen LogP contribution >= 0.6 is 0 Å². The van der Waals surface area contributed by atoms with Crippen LogP contribution in [-0.2, 0) is 4.79 Å². The minimum absolute atomic E-state index is 0.00939. The van der Waals surface area contributed by atoms with E-state index in [9.17, 15) is 9.18 Å². The van der Waals surface area contributed by atoms with Crippen molar-refractivity contribution < 1.29 is 14.1 Å². The second-order valence-corrected chi connectivity index (χ2v) is 6.53. The van der Waals surface area contributed by atoms with Crippen LogP contribution in [0.15, 0.2) is 24.3 Å². The van der Waals surface area contributed by atoms with Gasteiger partial charge < -0.3 is 10.2 Å². The zero-order valence-corrected chi connectivity index (χ0v) is 12.4. The third-order valence-electron chi connectivity index (χ3n) is 5.00. The number of hydrogen-bond donors (Lipinski definition) is 2. The minimum atomic E-state index is -0.317. The van der Waals surface area contributed by atoms with Gasteiger partial charge in [-0.05, 0) is 43.4 Å². The number of piperidine rings is 1. The number of rotatable bonds is 3. The van der Waals surface area contributed by atoms with Crippen LogP contribution in [0.5, 0.6) is 0 Å². The van der Waals surface area contributed by atoms with Crippen LogP contribution in [0.3, 0.4) is 0 Å². The Morgan fingerprint density at radius 2 is 2.05 bits per heavy atom. The van der Waals surface area contributed by atoms with Crippen LogP contribution in [0.1, 0.15) is 32.1 Å². The molecular formula is C17H24FN2O+. The maximum atomic E-state index is 13.1. The quantitative estimate of drug-likeness (QED) is 0.875. The molecule has 3 atom stereocenters. The van der Waals surface area contributed by atoms with Crippen molar-refractivity contribution in [3.05, 3.63) is 30.1 Å². The molecule has 2 N–H and O–H groups in total. The molecular weight excluding hydrogens is 267 g/mol. The van der Waals surface area contributed by atoms with Crippen molar-refractivity contribution >= 4 is 11.6 Å². The Labute approximate surface area is 125 Å². The highest BCUT2D eigenvalue weighted by molar-refractivity contribution is 5.91. The fourth-order valence-corrected chi connectivity index (χ4v) is 3.95. The lowest BCUT2D eigenvalue weighted by Gasteiger charge is -2.38. The molecule has 1 aliphatic heterocycles. The largest absolute Gasteiger partial charge is 0.327 e. The fraction of sp³-hybridized carbons (Fsp3) is 0.588. The van der Waals surface area contributed by atoms with E-state index in [-0.39, 0.29) is 11.7 Å². The van der Waals surface area contributed by atoms with E-state index >= 15 is 0 Å². The Hall–Kier alpha value is -1.42. The molecule has 2 fully saturated rings. The summed E-state index contributed by atoms with van der Waals surface area (Å²) in [5.74, 6) is 1.38. The van der Waals surface area contributed by atoms with Gasteiger partial charge in [0.25, 0.3) is 5.91 Å². The normalized spacial score (nSPS) is 28.7. The molecule has 1 aliphatic carbocycles. The van der Waals surface area contributed by atoms with E-state index in [2.05, 4.69) is 5.32 Å². The Morgan fingerprint density at radius 3 is 2.86 bits per heavy atom. The van der Waals surface area contributed by atoms with E-state index in [1.165, 1.54) is 49.1 Å². The summed E-state index contributed by atoms with van der Waals surface area (Å²) in [6, 6.07) is 6.09. The number of quaternary nitrogens is 1. The SMILES string of the molecule is O=C(C[NH+]1CC[C@H]2CCCC[C@@H]2C1)Nc1cccc(F)c1. The zero-order chi connectivity index (χ0) is 14.7. The lowest BCUT2D eigenvalue weighted by Crippen LogP contribution is -3.15. The van der Waals surface area contributed by atoms with Crippen molar-refractivity contribution in [2.45, 2.75) is 32.1 Å². The van der Waals surface area contributed by atoms with Gasteiger partial charge in [0.15, 0.2) is 6.54 Å². The summed E-state index contributed by atoms with van der Waals surface area (Å²) in [4.78, 5) is 13.5. The highest BCUT2D eigenvalue weighted by atomic mass is 19.1. The molecule has 0 spiro atoms. The lowest BCUT2D eigenvalue weighted by molar-refractivity contribution is -0.902. The summed E-state index contributed by atoms with van der Waals surface area (Å²) in [6.07, 6.45) is 6.71. The second kappa shape index (κ2) is 6.56. The van der Waals surface area contributed by atoms with E-state index < -0.39 is 0 Å². The molecule has 1 saturated heterocycles. The maximum Gasteiger partial charge on any atom is 0.279 e. The first-order chi connectivity index (χ1) is 10.2. The number of anilines is 1. The predicted molar refractivity (Wildman–Crippen MR) is 80.7 cm³/mol. The van der Waals surface area contributed by atoms with Crippen molar-refractivity contribution in [2.75, 3.05) is 25.0 Å². The number of likely N-dealkylation sites (tertiary alicyclic amines) is 1. The molecule has 2 aliphatic rings. The molecule has 114 valence electrons. The summed E-state index contributed by atoms with van der Waals surface area (Å²) in [5, 5.41) is 2.80. The van der Waals surface area contributed by atoms with Gasteiger partial charge in [-0.2, -0.15) is 0 Å². The van der Waals surface area contributed by atoms with Gasteiger partial charge in [-0.3, -0.25) is 4.79 Å². The average Bonchev–Trinajstić information content (AvgIpc) is 2.47. The summed E-state index contributed by atoms with van der Waals surface area (Å²) in [6.45, 7) is 2.72. The van der Waals surface area contributed by atoms with Crippen LogP contribution in [-0.4, -0.2) is 25.5 Å². The first-order valence-electron chi connectivity index (χ1n) is 8.10. The Kier molecular flexibility index (Phi) is 4.54. The molecule has 0 bridgehead atoms. The molecule has 4 heteroatoms. The van der Waals surface area contributed by atoms with Gasteiger partial charge in [0.1, 0.15) is 5.82 Å². The molecule has 1 unspecified atom stereocenters. The molecule has 1 aromatic carbocycles. The lowest BCUT2D eigenvalue weighted by atomic mass is 9.75. The number of benzene rings is 1. The van der Waals surface area contributed by atoms with Crippen molar-refractivity contribution in [1.82, 2.24) is 0 Å². The number of hydrogen-bond acceptors (Lipinski definition) is 1. The van der Waals surface area contributed by atoms with Crippen molar-refractivity contribution in [3.8, 4) is 0 Å². The number of halogens is 1. The molecule has 1 aromatic rings. The van der Waals surface area contributed by atoms with Gasteiger partial charge in [-0.1, -0.05) is 18.9 Å². The third-order valence-corrected chi connectivity index (χ3v) is 5.00. The average molecular weight is 291 g/mol. The van der Waals surface area contributed by atoms with Crippen LogP contribution in [0.25, 0.3) is 0 Å². The number of carbonyl (C=O) groups is 1. The standard InChI is InChI=1S/C17H23FN2O/c18-15-6-3-7-16(10-15)19-17(21)12-20-9-8-13-4-1-2-5-14(13)11-20/h3,6-7,10,13-14H,1-2,4-5,8-9,11-12H2,(H,19,21)/p+1/t13-,14-/m1/s1. The minimum Gasteiger partial charge on any atom is -0.327 e. The highest BCUT2D eigenvalue weighted by Crippen LogP contribution is 2.32. The molecule has 0 aromatic heterocycles. The van der Waals surface area contributed by atoms with E-state index in [0.29, 0.717) is 12.2 Å². The molecule has 3 nitrogen and oxygen atoms in total. The van der Waals surface area contributed by atoms with Crippen molar-refractivity contribution in [1.29, 1.82) is 0 Å². The molecule has 3 rings (SSSR count). The van der Waals surface area contributed by atoms with E-state index in [4.69, 9.17) is 0 Å². The second-order valence-electron chi connectivity index (χ2n) is 6.53.